The summed E-state index contributed by atoms with van der Waals surface area (Å²) in [5.41, 5.74) is 13.6. The number of allylic oxidation sites excluding steroid dienone is 11. The van der Waals surface area contributed by atoms with Gasteiger partial charge in [0.25, 0.3) is 0 Å². The van der Waals surface area contributed by atoms with E-state index in [9.17, 15) is 35.5 Å². The molecule has 0 amide bonds. The van der Waals surface area contributed by atoms with Crippen LogP contribution in [0.25, 0.3) is 17.2 Å². The van der Waals surface area contributed by atoms with Crippen LogP contribution in [0.1, 0.15) is 5.56 Å². The lowest BCUT2D eigenvalue weighted by atomic mass is 9.85. The molecule has 15 heteroatoms. The van der Waals surface area contributed by atoms with Crippen molar-refractivity contribution in [2.45, 2.75) is 0 Å². The number of carbonyl (C=O) groups is 2. The van der Waals surface area contributed by atoms with E-state index in [0.717, 1.165) is 29.4 Å². The van der Waals surface area contributed by atoms with Crippen molar-refractivity contribution >= 4 is 60.7 Å². The highest BCUT2D eigenvalue weighted by Crippen LogP contribution is 2.36. The number of hydrogen-bond donors (Lipinski definition) is 3. The summed E-state index contributed by atoms with van der Waals surface area (Å²) >= 11 is 0. The van der Waals surface area contributed by atoms with Crippen LogP contribution >= 0.6 is 0 Å². The fourth-order valence-corrected chi connectivity index (χ4v) is 6.55. The van der Waals surface area contributed by atoms with E-state index >= 15 is 0 Å². The fraction of sp³-hybridized carbons (Fsp3) is 0. The monoisotopic (exact) mass is 719 g/mol. The van der Waals surface area contributed by atoms with Crippen molar-refractivity contribution in [1.29, 1.82) is 0 Å². The van der Waals surface area contributed by atoms with Gasteiger partial charge < -0.3 is 14.8 Å². The quantitative estimate of drug-likeness (QED) is 0.161. The Bertz CT molecular complexity index is 2450. The number of nitrogens with two attached hydrogens (primary N) is 1. The van der Waals surface area contributed by atoms with E-state index in [0.29, 0.717) is 22.6 Å². The summed E-state index contributed by atoms with van der Waals surface area (Å²) in [7, 11) is -10.5. The summed E-state index contributed by atoms with van der Waals surface area (Å²) in [6.45, 7) is 0. The molecule has 256 valence electrons. The molecule has 3 aromatic carbocycles. The van der Waals surface area contributed by atoms with E-state index in [-0.39, 0.29) is 16.9 Å². The van der Waals surface area contributed by atoms with E-state index in [1.807, 2.05) is 24.3 Å². The number of rotatable bonds is 9. The molecule has 0 spiro atoms. The summed E-state index contributed by atoms with van der Waals surface area (Å²) in [4.78, 5) is 23.1. The molecule has 3 aromatic rings. The molecule has 0 unspecified atom stereocenters. The smallest absolute Gasteiger partial charge is 0.197 e. The van der Waals surface area contributed by atoms with Gasteiger partial charge in [0.2, 0.25) is 0 Å². The van der Waals surface area contributed by atoms with E-state index < -0.39 is 52.8 Å². The average Bonchev–Trinajstić information content (AvgIpc) is 3.10. The molecule has 3 aliphatic carbocycles. The van der Waals surface area contributed by atoms with Crippen LogP contribution in [0.15, 0.2) is 164 Å². The minimum absolute atomic E-state index is 0.108. The zero-order valence-electron chi connectivity index (χ0n) is 26.2. The number of hydrazone groups is 2. The molecule has 6 rings (SSSR count). The van der Waals surface area contributed by atoms with Crippen molar-refractivity contribution in [2.75, 3.05) is 10.9 Å². The van der Waals surface area contributed by atoms with E-state index in [1.165, 1.54) is 18.2 Å². The highest BCUT2D eigenvalue weighted by molar-refractivity contribution is 7.91. The molecule has 0 bridgehead atoms. The molecule has 0 aromatic heterocycles. The third-order valence-corrected chi connectivity index (χ3v) is 9.41. The third-order valence-electron chi connectivity index (χ3n) is 7.69. The van der Waals surface area contributed by atoms with Gasteiger partial charge in [-0.1, -0.05) is 60.7 Å². The molecular formula is C36H25N5O8S2-2. The van der Waals surface area contributed by atoms with Crippen LogP contribution in [0.5, 0.6) is 0 Å². The molecule has 0 saturated heterocycles. The summed E-state index contributed by atoms with van der Waals surface area (Å²) in [6.07, 6.45) is 10.2. The lowest BCUT2D eigenvalue weighted by Gasteiger charge is -2.27. The first kappa shape index (κ1) is 34.6. The zero-order chi connectivity index (χ0) is 36.3. The molecule has 0 fully saturated rings. The van der Waals surface area contributed by atoms with Gasteiger partial charge in [0, 0.05) is 5.57 Å². The standard InChI is InChI=1S/C36H27N5O8S2/c37-34-33-25(20-31(50(44,45)46)30(36(33)43)19-6-22-4-2-1-3-5-22)21-32(51(47,48)49)35(34)41-40-27-13-9-24(10-14-27)23-7-11-26(12-8-23)38-39-28-15-17-29(42)18-16-28/h1-21,38,40H,37H2,(H,44,45,46)(H,47,48,49)/p-2. The number of hydrogen-bond acceptors (Lipinski definition) is 13. The maximum absolute atomic E-state index is 13.7. The second-order valence-corrected chi connectivity index (χ2v) is 13.8. The Morgan fingerprint density at radius 2 is 1.24 bits per heavy atom. The van der Waals surface area contributed by atoms with Crippen LogP contribution in [0.4, 0.5) is 11.4 Å². The Balaban J connectivity index is 1.26. The molecule has 0 aliphatic heterocycles. The van der Waals surface area contributed by atoms with E-state index in [2.05, 4.69) is 21.1 Å². The fourth-order valence-electron chi connectivity index (χ4n) is 5.18. The Kier molecular flexibility index (Phi) is 9.45. The topological polar surface area (TPSA) is 223 Å². The van der Waals surface area contributed by atoms with Gasteiger partial charge in [0.05, 0.1) is 38.2 Å². The second kappa shape index (κ2) is 13.9. The first-order valence-electron chi connectivity index (χ1n) is 14.9. The highest BCUT2D eigenvalue weighted by Gasteiger charge is 2.35. The van der Waals surface area contributed by atoms with E-state index in [1.54, 1.807) is 66.7 Å². The van der Waals surface area contributed by atoms with Crippen molar-refractivity contribution in [3.05, 3.63) is 159 Å². The summed E-state index contributed by atoms with van der Waals surface area (Å²) in [5, 5.41) is 8.30. The summed E-state index contributed by atoms with van der Waals surface area (Å²) in [5.74, 6) is -1.09. The largest absolute Gasteiger partial charge is 0.744 e. The maximum Gasteiger partial charge on any atom is 0.197 e. The Morgan fingerprint density at radius 3 is 1.78 bits per heavy atom. The molecule has 0 heterocycles. The Labute approximate surface area is 292 Å². The van der Waals surface area contributed by atoms with Crippen molar-refractivity contribution in [1.82, 2.24) is 0 Å². The van der Waals surface area contributed by atoms with Gasteiger partial charge in [0.15, 0.2) is 11.6 Å². The van der Waals surface area contributed by atoms with Crippen molar-refractivity contribution in [3.8, 4) is 11.1 Å². The lowest BCUT2D eigenvalue weighted by Crippen LogP contribution is -2.31. The van der Waals surface area contributed by atoms with Gasteiger partial charge in [-0.05, 0) is 89.1 Å². The van der Waals surface area contributed by atoms with Gasteiger partial charge in [-0.3, -0.25) is 20.4 Å². The van der Waals surface area contributed by atoms with Crippen LogP contribution in [0, 0.1) is 0 Å². The Morgan fingerprint density at radius 1 is 0.667 bits per heavy atom. The predicted molar refractivity (Wildman–Crippen MR) is 192 cm³/mol. The van der Waals surface area contributed by atoms with Gasteiger partial charge in [-0.25, -0.2) is 16.8 Å². The zero-order valence-corrected chi connectivity index (χ0v) is 27.8. The average molecular weight is 720 g/mol. The van der Waals surface area contributed by atoms with Crippen LogP contribution in [-0.4, -0.2) is 48.9 Å². The lowest BCUT2D eigenvalue weighted by molar-refractivity contribution is -0.112. The first-order chi connectivity index (χ1) is 24.3. The molecule has 0 saturated carbocycles. The summed E-state index contributed by atoms with van der Waals surface area (Å²) < 4.78 is 73.5. The van der Waals surface area contributed by atoms with Gasteiger partial charge in [0.1, 0.15) is 25.9 Å². The molecule has 0 atom stereocenters. The summed E-state index contributed by atoms with van der Waals surface area (Å²) in [6, 6.07) is 22.7. The van der Waals surface area contributed by atoms with Crippen molar-refractivity contribution < 1.29 is 35.5 Å². The number of nitrogens with one attached hydrogen (secondary N) is 2. The highest BCUT2D eigenvalue weighted by atomic mass is 32.2. The number of anilines is 2. The number of fused-ring (bicyclic) bond motifs is 1. The second-order valence-electron chi connectivity index (χ2n) is 11.1. The molecule has 13 nitrogen and oxygen atoms in total. The van der Waals surface area contributed by atoms with Crippen LogP contribution in [0.2, 0.25) is 0 Å². The van der Waals surface area contributed by atoms with Crippen LogP contribution in [-0.2, 0) is 29.8 Å². The molecule has 3 aliphatic rings. The molecular weight excluding hydrogens is 695 g/mol. The first-order valence-corrected chi connectivity index (χ1v) is 17.8. The number of benzene rings is 3. The number of Topliss-reactive ketones (excluding diaryl/α,β-unsaturated/α-hetero) is 1. The molecule has 4 N–H and O–H groups in total. The number of carbonyl (C=O) groups excluding carboxylic acids is 2. The third kappa shape index (κ3) is 7.82. The normalized spacial score (nSPS) is 17.1. The van der Waals surface area contributed by atoms with Crippen molar-refractivity contribution in [3.63, 3.8) is 0 Å². The predicted octanol–water partition coefficient (Wildman–Crippen LogP) is 4.26. The van der Waals surface area contributed by atoms with E-state index in [4.69, 9.17) is 5.73 Å². The van der Waals surface area contributed by atoms with Gasteiger partial charge >= 0.3 is 0 Å². The SMILES string of the molecule is NC1=C2C(=O)C(C=Cc3ccccc3)=C(S(=O)(=O)[O-])C=C2C=C(S(=O)(=O)[O-])C1=NNc1ccc(-c2ccc(NN=C3C=CC(=O)C=C3)cc2)cc1. The molecule has 51 heavy (non-hydrogen) atoms. The number of ketones is 2. The van der Waals surface area contributed by atoms with Crippen molar-refractivity contribution in [2.24, 2.45) is 15.9 Å². The molecule has 0 radical (unpaired) electrons. The maximum atomic E-state index is 13.7. The van der Waals surface area contributed by atoms with Crippen LogP contribution < -0.4 is 16.6 Å². The minimum atomic E-state index is -5.27. The van der Waals surface area contributed by atoms with Crippen LogP contribution in [0.3, 0.4) is 0 Å². The number of nitrogens with zero attached hydrogens (tertiary/aromatic N) is 2. The van der Waals surface area contributed by atoms with Gasteiger partial charge in [-0.2, -0.15) is 10.2 Å². The Hall–Kier alpha value is -6.26. The van der Waals surface area contributed by atoms with Gasteiger partial charge in [-0.15, -0.1) is 0 Å². The minimum Gasteiger partial charge on any atom is -0.744 e.